The summed E-state index contributed by atoms with van der Waals surface area (Å²) in [5.41, 5.74) is 1.34. The molecule has 272 valence electrons. The molecule has 0 amide bonds. The first-order valence-electron chi connectivity index (χ1n) is 18.3. The fourth-order valence-electron chi connectivity index (χ4n) is 8.10. The van der Waals surface area contributed by atoms with Crippen LogP contribution >= 0.6 is 14.3 Å². The first kappa shape index (κ1) is 37.1. The van der Waals surface area contributed by atoms with Crippen molar-refractivity contribution in [3.63, 3.8) is 0 Å². The number of carbonyl (C=O) groups is 2. The van der Waals surface area contributed by atoms with Crippen molar-refractivity contribution < 1.29 is 28.2 Å². The SMILES string of the molecule is CCOC(=O)[C@H]1[C@H](C(=O)OCC)[C@H](c2ccccc2P(=O)(c2ccccc2)c2ccccc2)[C@H]1c1ccccc1P(=O)(c1ccccc1)c1ccccc1. The van der Waals surface area contributed by atoms with Crippen LogP contribution in [-0.2, 0) is 28.2 Å². The molecule has 6 nitrogen and oxygen atoms in total. The first-order valence-corrected chi connectivity index (χ1v) is 21.7. The van der Waals surface area contributed by atoms with Crippen LogP contribution in [0.15, 0.2) is 170 Å². The Bertz CT molecular complexity index is 2080. The van der Waals surface area contributed by atoms with Crippen LogP contribution in [0.3, 0.4) is 0 Å². The van der Waals surface area contributed by atoms with Gasteiger partial charge in [-0.15, -0.1) is 0 Å². The second-order valence-corrected chi connectivity index (χ2v) is 18.8. The maximum Gasteiger partial charge on any atom is 0.310 e. The minimum absolute atomic E-state index is 0.115. The Morgan fingerprint density at radius 1 is 0.426 bits per heavy atom. The molecule has 1 fully saturated rings. The molecule has 0 N–H and O–H groups in total. The van der Waals surface area contributed by atoms with E-state index in [1.54, 1.807) is 13.8 Å². The molecule has 0 saturated heterocycles. The largest absolute Gasteiger partial charge is 0.466 e. The normalized spacial score (nSPS) is 18.3. The zero-order chi connectivity index (χ0) is 37.7. The lowest BCUT2D eigenvalue weighted by atomic mass is 9.52. The fraction of sp³-hybridized carbons (Fsp3) is 0.174. The third kappa shape index (κ3) is 6.48. The highest BCUT2D eigenvalue weighted by Crippen LogP contribution is 2.61. The average Bonchev–Trinajstić information content (AvgIpc) is 3.22. The van der Waals surface area contributed by atoms with Gasteiger partial charge in [0.25, 0.3) is 0 Å². The molecule has 0 radical (unpaired) electrons. The molecule has 0 aromatic heterocycles. The van der Waals surface area contributed by atoms with Gasteiger partial charge in [0.15, 0.2) is 14.3 Å². The molecule has 0 spiro atoms. The summed E-state index contributed by atoms with van der Waals surface area (Å²) in [5, 5.41) is 3.72. The van der Waals surface area contributed by atoms with Gasteiger partial charge in [-0.3, -0.25) is 9.59 Å². The van der Waals surface area contributed by atoms with Gasteiger partial charge >= 0.3 is 11.9 Å². The molecule has 54 heavy (non-hydrogen) atoms. The van der Waals surface area contributed by atoms with E-state index < -0.39 is 49.9 Å². The number of carbonyl (C=O) groups excluding carboxylic acids is 2. The number of ether oxygens (including phenoxy) is 2. The zero-order valence-electron chi connectivity index (χ0n) is 30.2. The van der Waals surface area contributed by atoms with E-state index >= 15 is 9.13 Å². The predicted molar refractivity (Wildman–Crippen MR) is 217 cm³/mol. The predicted octanol–water partition coefficient (Wildman–Crippen LogP) is 7.21. The molecule has 0 heterocycles. The van der Waals surface area contributed by atoms with Crippen molar-refractivity contribution in [2.75, 3.05) is 13.2 Å². The van der Waals surface area contributed by atoms with Crippen molar-refractivity contribution in [1.82, 2.24) is 0 Å². The summed E-state index contributed by atoms with van der Waals surface area (Å²) in [6.07, 6.45) is 0. The number of hydrogen-bond donors (Lipinski definition) is 0. The van der Waals surface area contributed by atoms with Crippen LogP contribution in [0.1, 0.15) is 36.8 Å². The highest BCUT2D eigenvalue weighted by molar-refractivity contribution is 7.85. The Balaban J connectivity index is 1.52. The van der Waals surface area contributed by atoms with Crippen molar-refractivity contribution >= 4 is 58.0 Å². The zero-order valence-corrected chi connectivity index (χ0v) is 32.0. The molecule has 0 bridgehead atoms. The lowest BCUT2D eigenvalue weighted by molar-refractivity contribution is -0.171. The van der Waals surface area contributed by atoms with E-state index in [1.807, 2.05) is 170 Å². The molecule has 1 aliphatic rings. The third-order valence-corrected chi connectivity index (χ3v) is 16.7. The second-order valence-electron chi connectivity index (χ2n) is 13.3. The summed E-state index contributed by atoms with van der Waals surface area (Å²) >= 11 is 0. The Morgan fingerprint density at radius 2 is 0.685 bits per heavy atom. The fourth-order valence-corrected chi connectivity index (χ4v) is 13.9. The van der Waals surface area contributed by atoms with E-state index in [-0.39, 0.29) is 13.2 Å². The van der Waals surface area contributed by atoms with Crippen molar-refractivity contribution in [2.24, 2.45) is 11.8 Å². The van der Waals surface area contributed by atoms with Crippen LogP contribution < -0.4 is 31.8 Å². The maximum atomic E-state index is 16.0. The Hall–Kier alpha value is -5.28. The third-order valence-electron chi connectivity index (χ3n) is 10.4. The summed E-state index contributed by atoms with van der Waals surface area (Å²) in [4.78, 5) is 28.4. The molecule has 1 saturated carbocycles. The molecular weight excluding hydrogens is 710 g/mol. The molecule has 0 unspecified atom stereocenters. The van der Waals surface area contributed by atoms with Gasteiger partial charge in [0, 0.05) is 43.7 Å². The smallest absolute Gasteiger partial charge is 0.310 e. The quantitative estimate of drug-likeness (QED) is 0.0972. The molecule has 8 heteroatoms. The number of esters is 2. The highest BCUT2D eigenvalue weighted by Gasteiger charge is 2.61. The summed E-state index contributed by atoms with van der Waals surface area (Å²) < 4.78 is 43.4. The van der Waals surface area contributed by atoms with E-state index in [4.69, 9.17) is 9.47 Å². The van der Waals surface area contributed by atoms with Crippen LogP contribution in [0.2, 0.25) is 0 Å². The van der Waals surface area contributed by atoms with Crippen molar-refractivity contribution in [3.8, 4) is 0 Å². The summed E-state index contributed by atoms with van der Waals surface area (Å²) in [6, 6.07) is 52.6. The van der Waals surface area contributed by atoms with E-state index in [9.17, 15) is 9.59 Å². The summed E-state index contributed by atoms with van der Waals surface area (Å²) in [5.74, 6) is -4.36. The molecule has 6 aromatic carbocycles. The van der Waals surface area contributed by atoms with Crippen molar-refractivity contribution in [2.45, 2.75) is 25.7 Å². The highest BCUT2D eigenvalue weighted by atomic mass is 31.2. The van der Waals surface area contributed by atoms with Gasteiger partial charge in [0.1, 0.15) is 0 Å². The number of benzene rings is 6. The van der Waals surface area contributed by atoms with Crippen LogP contribution in [0.5, 0.6) is 0 Å². The van der Waals surface area contributed by atoms with Gasteiger partial charge in [-0.2, -0.15) is 0 Å². The topological polar surface area (TPSA) is 86.7 Å². The van der Waals surface area contributed by atoms with Crippen molar-refractivity contribution in [1.29, 1.82) is 0 Å². The summed E-state index contributed by atoms with van der Waals surface area (Å²) in [7, 11) is -7.11. The minimum atomic E-state index is -3.56. The number of rotatable bonds is 12. The van der Waals surface area contributed by atoms with Crippen LogP contribution in [0.4, 0.5) is 0 Å². The van der Waals surface area contributed by atoms with E-state index in [1.165, 1.54) is 0 Å². The lowest BCUT2D eigenvalue weighted by Gasteiger charge is -2.51. The molecular formula is C46H42O6P2. The van der Waals surface area contributed by atoms with Gasteiger partial charge in [-0.25, -0.2) is 0 Å². The van der Waals surface area contributed by atoms with Gasteiger partial charge < -0.3 is 18.6 Å². The minimum Gasteiger partial charge on any atom is -0.466 e. The van der Waals surface area contributed by atoms with Crippen molar-refractivity contribution in [3.05, 3.63) is 181 Å². The van der Waals surface area contributed by atoms with Crippen LogP contribution in [0, 0.1) is 11.8 Å². The lowest BCUT2D eigenvalue weighted by Crippen LogP contribution is -2.54. The Labute approximate surface area is 316 Å². The summed E-state index contributed by atoms with van der Waals surface area (Å²) in [6.45, 7) is 3.70. The molecule has 0 aliphatic heterocycles. The standard InChI is InChI=1S/C46H42O6P2/c1-3-51-45(47)43-41(37-29-17-19-31-39(37)53(49,33-21-9-5-10-22-33)34-23-11-6-12-24-34)42(44(43)46(48)52-4-2)38-30-18-20-32-40(38)54(50,35-25-13-7-14-26-35)36-27-15-8-16-28-36/h5-32,41-44H,3-4H2,1-2H3/t41-,42-,43-,44-/m1/s1. The van der Waals surface area contributed by atoms with E-state index in [0.29, 0.717) is 43.0 Å². The molecule has 6 aromatic rings. The first-order chi connectivity index (χ1) is 26.3. The van der Waals surface area contributed by atoms with Gasteiger partial charge in [0.05, 0.1) is 25.0 Å². The molecule has 4 atom stereocenters. The second kappa shape index (κ2) is 16.0. The monoisotopic (exact) mass is 752 g/mol. The Morgan fingerprint density at radius 3 is 0.963 bits per heavy atom. The van der Waals surface area contributed by atoms with Crippen LogP contribution in [0.25, 0.3) is 0 Å². The average molecular weight is 753 g/mol. The van der Waals surface area contributed by atoms with Gasteiger partial charge in [-0.1, -0.05) is 170 Å². The van der Waals surface area contributed by atoms with Crippen LogP contribution in [-0.4, -0.2) is 25.2 Å². The van der Waals surface area contributed by atoms with E-state index in [2.05, 4.69) is 0 Å². The van der Waals surface area contributed by atoms with Gasteiger partial charge in [0.2, 0.25) is 0 Å². The van der Waals surface area contributed by atoms with Gasteiger partial charge in [-0.05, 0) is 25.0 Å². The number of hydrogen-bond acceptors (Lipinski definition) is 6. The van der Waals surface area contributed by atoms with E-state index in [0.717, 1.165) is 0 Å². The molecule has 7 rings (SSSR count). The molecule has 1 aliphatic carbocycles. The Kier molecular flexibility index (Phi) is 11.0. The maximum absolute atomic E-state index is 16.0.